The van der Waals surface area contributed by atoms with E-state index < -0.39 is 0 Å². The molecule has 0 atom stereocenters. The van der Waals surface area contributed by atoms with Crippen LogP contribution in [0.15, 0.2) is 24.3 Å². The fraction of sp³-hybridized carbons (Fsp3) is 0.467. The maximum atomic E-state index is 11.6. The van der Waals surface area contributed by atoms with Crippen molar-refractivity contribution in [2.75, 3.05) is 13.2 Å². The molecule has 2 N–H and O–H groups in total. The van der Waals surface area contributed by atoms with Crippen LogP contribution in [0.1, 0.15) is 26.7 Å². The van der Waals surface area contributed by atoms with Gasteiger partial charge in [0.15, 0.2) is 5.11 Å². The van der Waals surface area contributed by atoms with E-state index in [0.29, 0.717) is 35.5 Å². The number of thiocarbonyl (C=S) groups is 1. The third-order valence-corrected chi connectivity index (χ3v) is 3.05. The molecule has 6 heteroatoms. The van der Waals surface area contributed by atoms with Gasteiger partial charge in [-0.2, -0.15) is 0 Å². The van der Waals surface area contributed by atoms with E-state index in [-0.39, 0.29) is 5.91 Å². The largest absolute Gasteiger partial charge is 0.494 e. The maximum Gasteiger partial charge on any atom is 0.226 e. The molecule has 21 heavy (non-hydrogen) atoms. The molecule has 4 nitrogen and oxygen atoms in total. The van der Waals surface area contributed by atoms with Gasteiger partial charge in [-0.3, -0.25) is 4.79 Å². The van der Waals surface area contributed by atoms with Gasteiger partial charge in [0.2, 0.25) is 5.91 Å². The predicted molar refractivity (Wildman–Crippen MR) is 89.8 cm³/mol. The molecule has 1 aromatic carbocycles. The molecule has 1 amide bonds. The number of carbonyl (C=O) groups excluding carboxylic acids is 1. The monoisotopic (exact) mass is 328 g/mol. The lowest BCUT2D eigenvalue weighted by Gasteiger charge is -2.11. The van der Waals surface area contributed by atoms with Crippen molar-refractivity contribution in [3.05, 3.63) is 29.3 Å². The second kappa shape index (κ2) is 9.58. The normalized spacial score (nSPS) is 10.3. The molecule has 0 heterocycles. The highest BCUT2D eigenvalue weighted by molar-refractivity contribution is 7.80. The van der Waals surface area contributed by atoms with E-state index in [4.69, 9.17) is 28.6 Å². The zero-order valence-corrected chi connectivity index (χ0v) is 13.9. The van der Waals surface area contributed by atoms with Crippen molar-refractivity contribution in [3.63, 3.8) is 0 Å². The Morgan fingerprint density at radius 1 is 1.33 bits per heavy atom. The summed E-state index contributed by atoms with van der Waals surface area (Å²) < 4.78 is 5.51. The summed E-state index contributed by atoms with van der Waals surface area (Å²) in [6.07, 6.45) is 0.998. The number of hydrogen-bond acceptors (Lipinski definition) is 3. The third-order valence-electron chi connectivity index (χ3n) is 2.55. The number of benzene rings is 1. The van der Waals surface area contributed by atoms with Gasteiger partial charge >= 0.3 is 0 Å². The zero-order chi connectivity index (χ0) is 15.7. The van der Waals surface area contributed by atoms with E-state index in [2.05, 4.69) is 24.5 Å². The van der Waals surface area contributed by atoms with Crippen LogP contribution in [0, 0.1) is 5.92 Å². The number of rotatable bonds is 7. The van der Waals surface area contributed by atoms with Crippen molar-refractivity contribution in [2.24, 2.45) is 5.92 Å². The molecule has 1 rings (SSSR count). The predicted octanol–water partition coefficient (Wildman–Crippen LogP) is 3.15. The fourth-order valence-corrected chi connectivity index (χ4v) is 1.81. The van der Waals surface area contributed by atoms with Gasteiger partial charge in [-0.25, -0.2) is 0 Å². The number of carbonyl (C=O) groups is 1. The molecule has 0 bridgehead atoms. The number of nitrogens with one attached hydrogen (secondary N) is 2. The maximum absolute atomic E-state index is 11.6. The fourth-order valence-electron chi connectivity index (χ4n) is 1.48. The lowest BCUT2D eigenvalue weighted by atomic mass is 10.2. The van der Waals surface area contributed by atoms with Crippen molar-refractivity contribution in [1.82, 2.24) is 10.6 Å². The topological polar surface area (TPSA) is 50.4 Å². The molecule has 1 aromatic rings. The van der Waals surface area contributed by atoms with Gasteiger partial charge in [-0.1, -0.05) is 25.4 Å². The Labute approximate surface area is 136 Å². The molecule has 0 radical (unpaired) electrons. The lowest BCUT2D eigenvalue weighted by molar-refractivity contribution is -0.119. The van der Waals surface area contributed by atoms with Crippen LogP contribution in [0.2, 0.25) is 5.02 Å². The number of ether oxygens (including phenoxy) is 1. The van der Waals surface area contributed by atoms with Gasteiger partial charge in [0, 0.05) is 18.0 Å². The molecule has 0 aliphatic carbocycles. The van der Waals surface area contributed by atoms with E-state index in [9.17, 15) is 4.79 Å². The number of halogens is 1. The highest BCUT2D eigenvalue weighted by Crippen LogP contribution is 2.15. The zero-order valence-electron chi connectivity index (χ0n) is 12.3. The summed E-state index contributed by atoms with van der Waals surface area (Å²) in [5.74, 6) is 1.12. The average Bonchev–Trinajstić information content (AvgIpc) is 2.43. The smallest absolute Gasteiger partial charge is 0.226 e. The molecule has 0 fully saturated rings. The Morgan fingerprint density at radius 2 is 2.00 bits per heavy atom. The second-order valence-corrected chi connectivity index (χ2v) is 5.90. The Bertz CT molecular complexity index is 463. The van der Waals surface area contributed by atoms with Crippen LogP contribution in [0.3, 0.4) is 0 Å². The first kappa shape index (κ1) is 17.7. The number of amides is 1. The first-order valence-corrected chi connectivity index (χ1v) is 7.72. The van der Waals surface area contributed by atoms with Crippen LogP contribution >= 0.6 is 23.8 Å². The summed E-state index contributed by atoms with van der Waals surface area (Å²) in [5, 5.41) is 6.69. The minimum absolute atomic E-state index is 0.101. The van der Waals surface area contributed by atoms with Gasteiger partial charge < -0.3 is 15.4 Å². The third kappa shape index (κ3) is 8.52. The van der Waals surface area contributed by atoms with Crippen LogP contribution in [0.5, 0.6) is 5.75 Å². The molecule has 0 saturated heterocycles. The average molecular weight is 329 g/mol. The standard InChI is InChI=1S/C15H21ClN2O2S/c1-11(2)10-17-15(21)18-14(19)4-3-9-20-13-7-5-12(16)6-8-13/h5-8,11H,3-4,9-10H2,1-2H3,(H2,17,18,19,21). The molecular formula is C15H21ClN2O2S. The summed E-state index contributed by atoms with van der Waals surface area (Å²) in [7, 11) is 0. The number of hydrogen-bond donors (Lipinski definition) is 2. The van der Waals surface area contributed by atoms with Crippen molar-refractivity contribution in [3.8, 4) is 5.75 Å². The van der Waals surface area contributed by atoms with Crippen molar-refractivity contribution in [1.29, 1.82) is 0 Å². The van der Waals surface area contributed by atoms with Crippen LogP contribution in [0.25, 0.3) is 0 Å². The molecule has 116 valence electrons. The van der Waals surface area contributed by atoms with Crippen LogP contribution in [-0.4, -0.2) is 24.2 Å². The minimum atomic E-state index is -0.101. The minimum Gasteiger partial charge on any atom is -0.494 e. The first-order valence-electron chi connectivity index (χ1n) is 6.93. The summed E-state index contributed by atoms with van der Waals surface area (Å²) in [6.45, 7) is 5.37. The van der Waals surface area contributed by atoms with E-state index in [1.807, 2.05) is 0 Å². The Balaban J connectivity index is 2.13. The van der Waals surface area contributed by atoms with Crippen molar-refractivity contribution >= 4 is 34.8 Å². The van der Waals surface area contributed by atoms with Crippen molar-refractivity contribution < 1.29 is 9.53 Å². The SMILES string of the molecule is CC(C)CNC(=S)NC(=O)CCCOc1ccc(Cl)cc1. The highest BCUT2D eigenvalue weighted by Gasteiger charge is 2.05. The van der Waals surface area contributed by atoms with Gasteiger partial charge in [-0.15, -0.1) is 0 Å². The molecule has 0 saturated carbocycles. The molecule has 0 aliphatic rings. The second-order valence-electron chi connectivity index (χ2n) is 5.06. The lowest BCUT2D eigenvalue weighted by Crippen LogP contribution is -2.40. The first-order chi connectivity index (χ1) is 9.97. The molecular weight excluding hydrogens is 308 g/mol. The van der Waals surface area contributed by atoms with E-state index >= 15 is 0 Å². The van der Waals surface area contributed by atoms with Gasteiger partial charge in [0.25, 0.3) is 0 Å². The molecule has 0 unspecified atom stereocenters. The van der Waals surface area contributed by atoms with Crippen LogP contribution < -0.4 is 15.4 Å². The summed E-state index contributed by atoms with van der Waals surface area (Å²) in [5.41, 5.74) is 0. The molecule has 0 spiro atoms. The summed E-state index contributed by atoms with van der Waals surface area (Å²) in [6, 6.07) is 7.13. The Kier molecular flexibility index (Phi) is 8.08. The van der Waals surface area contributed by atoms with Gasteiger partial charge in [0.05, 0.1) is 6.61 Å². The highest BCUT2D eigenvalue weighted by atomic mass is 35.5. The quantitative estimate of drug-likeness (QED) is 0.596. The molecule has 0 aliphatic heterocycles. The van der Waals surface area contributed by atoms with Gasteiger partial charge in [0.1, 0.15) is 5.75 Å². The summed E-state index contributed by atoms with van der Waals surface area (Å²) in [4.78, 5) is 11.6. The van der Waals surface area contributed by atoms with Gasteiger partial charge in [-0.05, 0) is 48.8 Å². The van der Waals surface area contributed by atoms with E-state index in [0.717, 1.165) is 12.3 Å². The Morgan fingerprint density at radius 3 is 2.62 bits per heavy atom. The molecule has 0 aromatic heterocycles. The van der Waals surface area contributed by atoms with E-state index in [1.54, 1.807) is 24.3 Å². The van der Waals surface area contributed by atoms with Crippen LogP contribution in [-0.2, 0) is 4.79 Å². The van der Waals surface area contributed by atoms with Crippen molar-refractivity contribution in [2.45, 2.75) is 26.7 Å². The van der Waals surface area contributed by atoms with E-state index in [1.165, 1.54) is 0 Å². The Hall–Kier alpha value is -1.33. The summed E-state index contributed by atoms with van der Waals surface area (Å²) >= 11 is 10.8. The van der Waals surface area contributed by atoms with Crippen LogP contribution in [0.4, 0.5) is 0 Å².